The Hall–Kier alpha value is -0.730. The van der Waals surface area contributed by atoms with Gasteiger partial charge in [-0.25, -0.2) is 17.7 Å². The third-order valence-corrected chi connectivity index (χ3v) is 6.23. The first-order valence-corrected chi connectivity index (χ1v) is 9.23. The second-order valence-electron chi connectivity index (χ2n) is 7.21. The van der Waals surface area contributed by atoms with Crippen molar-refractivity contribution in [1.29, 1.82) is 0 Å². The smallest absolute Gasteiger partial charge is 0.242 e. The van der Waals surface area contributed by atoms with E-state index in [-0.39, 0.29) is 18.4 Å². The van der Waals surface area contributed by atoms with Gasteiger partial charge in [0.05, 0.1) is 27.7 Å². The van der Waals surface area contributed by atoms with Crippen LogP contribution in [0.1, 0.15) is 45.2 Å². The highest BCUT2D eigenvalue weighted by molar-refractivity contribution is 7.84. The molecule has 1 aromatic rings. The normalized spacial score (nSPS) is 23.9. The van der Waals surface area contributed by atoms with E-state index in [0.29, 0.717) is 0 Å². The third-order valence-electron chi connectivity index (χ3n) is 4.30. The summed E-state index contributed by atoms with van der Waals surface area (Å²) < 4.78 is 80.5. The van der Waals surface area contributed by atoms with Gasteiger partial charge in [0.2, 0.25) is 0 Å². The largest absolute Gasteiger partial charge is 0.391 e. The molecule has 0 radical (unpaired) electrons. The topological polar surface area (TPSA) is 29.1 Å². The Balaban J connectivity index is 2.31. The Morgan fingerprint density at radius 1 is 1.20 bits per heavy atom. The van der Waals surface area contributed by atoms with Gasteiger partial charge in [-0.2, -0.15) is 13.2 Å². The van der Waals surface area contributed by atoms with Crippen molar-refractivity contribution < 1.29 is 26.2 Å². The molecule has 0 spiro atoms. The van der Waals surface area contributed by atoms with E-state index in [1.54, 1.807) is 20.8 Å². The Morgan fingerprint density at radius 3 is 2.24 bits per heavy atom. The summed E-state index contributed by atoms with van der Waals surface area (Å²) in [7, 11) is -1.64. The van der Waals surface area contributed by atoms with Crippen LogP contribution < -0.4 is 4.72 Å². The highest BCUT2D eigenvalue weighted by Crippen LogP contribution is 2.50. The third kappa shape index (κ3) is 4.52. The lowest BCUT2D eigenvalue weighted by atomic mass is 9.69. The van der Waals surface area contributed by atoms with E-state index < -0.39 is 56.4 Å². The zero-order chi connectivity index (χ0) is 19.2. The second-order valence-corrected chi connectivity index (χ2v) is 9.59. The monoisotopic (exact) mass is 403 g/mol. The molecule has 1 saturated carbocycles. The van der Waals surface area contributed by atoms with Crippen molar-refractivity contribution in [2.45, 2.75) is 50.6 Å². The van der Waals surface area contributed by atoms with Crippen LogP contribution in [0.4, 0.5) is 22.0 Å². The summed E-state index contributed by atoms with van der Waals surface area (Å²) in [5.41, 5.74) is -0.0744. The maximum absolute atomic E-state index is 14.4. The molecule has 0 aliphatic heterocycles. The highest BCUT2D eigenvalue weighted by atomic mass is 35.5. The Kier molecular flexibility index (Phi) is 5.86. The van der Waals surface area contributed by atoms with Crippen molar-refractivity contribution in [3.63, 3.8) is 0 Å². The minimum atomic E-state index is -4.32. The second kappa shape index (κ2) is 7.12. The average Bonchev–Trinajstić information content (AvgIpc) is 2.40. The molecule has 2 atom stereocenters. The molecule has 0 heterocycles. The highest BCUT2D eigenvalue weighted by Gasteiger charge is 2.50. The summed E-state index contributed by atoms with van der Waals surface area (Å²) in [5.74, 6) is -4.04. The lowest BCUT2D eigenvalue weighted by Gasteiger charge is -2.42. The van der Waals surface area contributed by atoms with E-state index in [4.69, 9.17) is 11.6 Å². The standard InChI is InChI=1S/C16H19ClF5NOS/c1-15(2,3)25(24)23-14(8-6-9(7-8)16(20,21)22)10-4-5-11(18)12(17)13(10)19/h4-5,8-9,14,23H,6-7H2,1-3H3. The fourth-order valence-electron chi connectivity index (χ4n) is 2.69. The van der Waals surface area contributed by atoms with Crippen molar-refractivity contribution in [3.8, 4) is 0 Å². The summed E-state index contributed by atoms with van der Waals surface area (Å²) in [6.45, 7) is 5.04. The maximum Gasteiger partial charge on any atom is 0.391 e. The number of nitrogens with one attached hydrogen (secondary N) is 1. The minimum absolute atomic E-state index is 0.0744. The molecule has 0 aromatic heterocycles. The van der Waals surface area contributed by atoms with Crippen LogP contribution in [-0.2, 0) is 11.0 Å². The molecule has 0 amide bonds. The average molecular weight is 404 g/mol. The van der Waals surface area contributed by atoms with Gasteiger partial charge in [0.1, 0.15) is 16.7 Å². The zero-order valence-electron chi connectivity index (χ0n) is 13.9. The molecule has 2 unspecified atom stereocenters. The summed E-state index contributed by atoms with van der Waals surface area (Å²) in [6, 6.07) is 1.14. The summed E-state index contributed by atoms with van der Waals surface area (Å²) in [6.07, 6.45) is -4.74. The Morgan fingerprint density at radius 2 is 1.76 bits per heavy atom. The van der Waals surface area contributed by atoms with Gasteiger partial charge < -0.3 is 0 Å². The number of rotatable bonds is 4. The molecule has 25 heavy (non-hydrogen) atoms. The van der Waals surface area contributed by atoms with Gasteiger partial charge in [-0.15, -0.1) is 0 Å². The maximum atomic E-state index is 14.4. The van der Waals surface area contributed by atoms with Crippen LogP contribution in [0.3, 0.4) is 0 Å². The molecule has 1 aliphatic carbocycles. The molecular formula is C16H19ClF5NOS. The predicted molar refractivity (Wildman–Crippen MR) is 87.4 cm³/mol. The van der Waals surface area contributed by atoms with Crippen molar-refractivity contribution in [2.75, 3.05) is 0 Å². The van der Waals surface area contributed by atoms with Crippen molar-refractivity contribution in [2.24, 2.45) is 11.8 Å². The summed E-state index contributed by atoms with van der Waals surface area (Å²) >= 11 is 5.59. The van der Waals surface area contributed by atoms with Crippen LogP contribution in [-0.4, -0.2) is 15.1 Å². The molecule has 1 aromatic carbocycles. The molecule has 1 N–H and O–H groups in total. The van der Waals surface area contributed by atoms with Crippen LogP contribution >= 0.6 is 11.6 Å². The van der Waals surface area contributed by atoms with Gasteiger partial charge in [0.25, 0.3) is 0 Å². The van der Waals surface area contributed by atoms with E-state index in [1.807, 2.05) is 0 Å². The molecule has 2 rings (SSSR count). The first-order valence-electron chi connectivity index (χ1n) is 7.70. The number of hydrogen-bond acceptors (Lipinski definition) is 1. The van der Waals surface area contributed by atoms with Gasteiger partial charge in [-0.05, 0) is 45.6 Å². The molecule has 9 heteroatoms. The minimum Gasteiger partial charge on any atom is -0.242 e. The molecule has 2 nitrogen and oxygen atoms in total. The molecular weight excluding hydrogens is 385 g/mol. The number of halogens is 6. The fraction of sp³-hybridized carbons (Fsp3) is 0.625. The van der Waals surface area contributed by atoms with Crippen LogP contribution in [0.2, 0.25) is 5.02 Å². The molecule has 1 fully saturated rings. The summed E-state index contributed by atoms with van der Waals surface area (Å²) in [5, 5.41) is -0.725. The number of benzene rings is 1. The Labute approximate surface area is 150 Å². The molecule has 142 valence electrons. The van der Waals surface area contributed by atoms with Crippen LogP contribution in [0, 0.1) is 23.5 Å². The van der Waals surface area contributed by atoms with Crippen molar-refractivity contribution >= 4 is 22.6 Å². The van der Waals surface area contributed by atoms with Crippen LogP contribution in [0.15, 0.2) is 12.1 Å². The van der Waals surface area contributed by atoms with Crippen molar-refractivity contribution in [1.82, 2.24) is 4.72 Å². The number of alkyl halides is 3. The van der Waals surface area contributed by atoms with Gasteiger partial charge >= 0.3 is 6.18 Å². The quantitative estimate of drug-likeness (QED) is 0.536. The Bertz CT molecular complexity index is 668. The van der Waals surface area contributed by atoms with E-state index >= 15 is 0 Å². The summed E-state index contributed by atoms with van der Waals surface area (Å²) in [4.78, 5) is 0. The predicted octanol–water partition coefficient (Wildman–Crippen LogP) is 5.30. The van der Waals surface area contributed by atoms with E-state index in [2.05, 4.69) is 4.72 Å². The SMILES string of the molecule is CC(C)(C)S(=O)NC(c1ccc(F)c(Cl)c1F)C1CC(C(F)(F)F)C1. The molecule has 1 aliphatic rings. The van der Waals surface area contributed by atoms with Gasteiger partial charge in [0.15, 0.2) is 0 Å². The van der Waals surface area contributed by atoms with Crippen LogP contribution in [0.5, 0.6) is 0 Å². The van der Waals surface area contributed by atoms with E-state index in [9.17, 15) is 26.2 Å². The molecule has 0 saturated heterocycles. The van der Waals surface area contributed by atoms with E-state index in [1.165, 1.54) is 0 Å². The fourth-order valence-corrected chi connectivity index (χ4v) is 3.76. The van der Waals surface area contributed by atoms with Gasteiger partial charge in [-0.1, -0.05) is 17.7 Å². The number of hydrogen-bond donors (Lipinski definition) is 1. The lowest BCUT2D eigenvalue weighted by Crippen LogP contribution is -2.45. The van der Waals surface area contributed by atoms with Crippen molar-refractivity contribution in [3.05, 3.63) is 34.4 Å². The van der Waals surface area contributed by atoms with E-state index in [0.717, 1.165) is 12.1 Å². The molecule has 0 bridgehead atoms. The first-order chi connectivity index (χ1) is 11.3. The van der Waals surface area contributed by atoms with Gasteiger partial charge in [0, 0.05) is 5.56 Å². The lowest BCUT2D eigenvalue weighted by molar-refractivity contribution is -0.206. The van der Waals surface area contributed by atoms with Crippen LogP contribution in [0.25, 0.3) is 0 Å². The zero-order valence-corrected chi connectivity index (χ0v) is 15.5. The van der Waals surface area contributed by atoms with Gasteiger partial charge in [-0.3, -0.25) is 0 Å². The first kappa shape index (κ1) is 20.6.